The smallest absolute Gasteiger partial charge is 0.303 e. The monoisotopic (exact) mass is 257 g/mol. The van der Waals surface area contributed by atoms with E-state index in [1.54, 1.807) is 19.1 Å². The van der Waals surface area contributed by atoms with Crippen LogP contribution in [-0.4, -0.2) is 26.5 Å². The lowest BCUT2D eigenvalue weighted by atomic mass is 10.1. The summed E-state index contributed by atoms with van der Waals surface area (Å²) >= 11 is 0. The number of aryl methyl sites for hydroxylation is 2. The average Bonchev–Trinajstić information content (AvgIpc) is 2.27. The first-order valence-corrected chi connectivity index (χ1v) is 6.60. The largest absolute Gasteiger partial charge is 0.481 e. The number of hydrogen-bond donors (Lipinski definition) is 2. The third-order valence-corrected chi connectivity index (χ3v) is 3.99. The van der Waals surface area contributed by atoms with E-state index in [4.69, 9.17) is 5.11 Å². The van der Waals surface area contributed by atoms with Gasteiger partial charge in [0.2, 0.25) is 10.0 Å². The van der Waals surface area contributed by atoms with Crippen molar-refractivity contribution in [3.8, 4) is 0 Å². The van der Waals surface area contributed by atoms with Gasteiger partial charge in [-0.15, -0.1) is 0 Å². The topological polar surface area (TPSA) is 83.5 Å². The fourth-order valence-electron chi connectivity index (χ4n) is 1.45. The quantitative estimate of drug-likeness (QED) is 0.821. The highest BCUT2D eigenvalue weighted by atomic mass is 32.2. The maximum atomic E-state index is 11.7. The van der Waals surface area contributed by atoms with Crippen molar-refractivity contribution in [1.29, 1.82) is 0 Å². The molecule has 0 heterocycles. The lowest BCUT2D eigenvalue weighted by Gasteiger charge is -2.08. The van der Waals surface area contributed by atoms with Crippen molar-refractivity contribution in [3.63, 3.8) is 0 Å². The van der Waals surface area contributed by atoms with E-state index in [0.717, 1.165) is 0 Å². The molecule has 1 aromatic carbocycles. The Kier molecular flexibility index (Phi) is 4.25. The maximum absolute atomic E-state index is 11.7. The van der Waals surface area contributed by atoms with Gasteiger partial charge >= 0.3 is 5.97 Å². The van der Waals surface area contributed by atoms with Gasteiger partial charge in [-0.05, 0) is 37.6 Å². The highest BCUT2D eigenvalue weighted by Crippen LogP contribution is 2.17. The van der Waals surface area contributed by atoms with Gasteiger partial charge in [0, 0.05) is 6.42 Å². The van der Waals surface area contributed by atoms with Gasteiger partial charge in [0.05, 0.1) is 4.90 Å². The van der Waals surface area contributed by atoms with Gasteiger partial charge in [0.15, 0.2) is 0 Å². The molecular formula is C11H15NO4S. The Morgan fingerprint density at radius 1 is 1.41 bits per heavy atom. The molecule has 0 aliphatic rings. The third-order valence-electron chi connectivity index (χ3n) is 2.44. The summed E-state index contributed by atoms with van der Waals surface area (Å²) in [7, 11) is -2.14. The third kappa shape index (κ3) is 3.54. The first kappa shape index (κ1) is 13.7. The molecule has 2 N–H and O–H groups in total. The van der Waals surface area contributed by atoms with Crippen LogP contribution in [0, 0.1) is 6.92 Å². The molecule has 0 amide bonds. The van der Waals surface area contributed by atoms with Gasteiger partial charge in [-0.3, -0.25) is 4.79 Å². The van der Waals surface area contributed by atoms with Crippen LogP contribution < -0.4 is 4.72 Å². The number of sulfonamides is 1. The highest BCUT2D eigenvalue weighted by molar-refractivity contribution is 7.89. The molecule has 1 aromatic rings. The highest BCUT2D eigenvalue weighted by Gasteiger charge is 2.15. The molecule has 0 atom stereocenters. The lowest BCUT2D eigenvalue weighted by Crippen LogP contribution is -2.19. The molecule has 17 heavy (non-hydrogen) atoms. The summed E-state index contributed by atoms with van der Waals surface area (Å²) in [6.07, 6.45) is 0.309. The molecule has 0 spiro atoms. The number of rotatable bonds is 5. The second-order valence-corrected chi connectivity index (χ2v) is 5.56. The average molecular weight is 257 g/mol. The van der Waals surface area contributed by atoms with Crippen molar-refractivity contribution in [2.75, 3.05) is 7.05 Å². The Bertz CT molecular complexity index is 522. The van der Waals surface area contributed by atoms with Crippen LogP contribution in [0.5, 0.6) is 0 Å². The first-order valence-electron chi connectivity index (χ1n) is 5.11. The van der Waals surface area contributed by atoms with E-state index in [1.807, 2.05) is 0 Å². The standard InChI is InChI=1S/C11H15NO4S/c1-8-3-4-9(5-6-11(13)14)7-10(8)17(15,16)12-2/h3-4,7,12H,5-6H2,1-2H3,(H,13,14). The number of carboxylic acid groups (broad SMARTS) is 1. The molecule has 94 valence electrons. The molecular weight excluding hydrogens is 242 g/mol. The van der Waals surface area contributed by atoms with Gasteiger partial charge in [0.1, 0.15) is 0 Å². The molecule has 0 unspecified atom stereocenters. The van der Waals surface area contributed by atoms with Crippen LogP contribution in [0.25, 0.3) is 0 Å². The molecule has 6 heteroatoms. The Labute approximate surface area is 101 Å². The predicted molar refractivity (Wildman–Crippen MR) is 63.4 cm³/mol. The maximum Gasteiger partial charge on any atom is 0.303 e. The Morgan fingerprint density at radius 2 is 2.06 bits per heavy atom. The van der Waals surface area contributed by atoms with Crippen molar-refractivity contribution in [3.05, 3.63) is 29.3 Å². The normalized spacial score (nSPS) is 11.4. The van der Waals surface area contributed by atoms with E-state index in [2.05, 4.69) is 4.72 Å². The molecule has 0 fully saturated rings. The second kappa shape index (κ2) is 5.29. The molecule has 0 aliphatic carbocycles. The summed E-state index contributed by atoms with van der Waals surface area (Å²) in [5, 5.41) is 8.57. The van der Waals surface area contributed by atoms with E-state index < -0.39 is 16.0 Å². The van der Waals surface area contributed by atoms with E-state index in [-0.39, 0.29) is 11.3 Å². The van der Waals surface area contributed by atoms with Crippen molar-refractivity contribution in [1.82, 2.24) is 4.72 Å². The van der Waals surface area contributed by atoms with Gasteiger partial charge < -0.3 is 5.11 Å². The lowest BCUT2D eigenvalue weighted by molar-refractivity contribution is -0.136. The van der Waals surface area contributed by atoms with Gasteiger partial charge in [-0.25, -0.2) is 13.1 Å². The van der Waals surface area contributed by atoms with Gasteiger partial charge in [-0.1, -0.05) is 12.1 Å². The molecule has 0 aromatic heterocycles. The molecule has 5 nitrogen and oxygen atoms in total. The first-order chi connectivity index (χ1) is 7.86. The Balaban J connectivity index is 3.07. The minimum atomic E-state index is -3.49. The van der Waals surface area contributed by atoms with Crippen LogP contribution in [0.3, 0.4) is 0 Å². The number of aliphatic carboxylic acids is 1. The summed E-state index contributed by atoms with van der Waals surface area (Å²) in [5.41, 5.74) is 1.34. The van der Waals surface area contributed by atoms with Gasteiger partial charge in [-0.2, -0.15) is 0 Å². The zero-order valence-electron chi connectivity index (χ0n) is 9.73. The molecule has 0 bridgehead atoms. The minimum Gasteiger partial charge on any atom is -0.481 e. The van der Waals surface area contributed by atoms with E-state index >= 15 is 0 Å². The summed E-state index contributed by atoms with van der Waals surface area (Å²) in [5.74, 6) is -0.899. The summed E-state index contributed by atoms with van der Waals surface area (Å²) in [4.78, 5) is 10.6. The number of carboxylic acids is 1. The van der Waals surface area contributed by atoms with Crippen LogP contribution in [0.4, 0.5) is 0 Å². The summed E-state index contributed by atoms with van der Waals surface area (Å²) in [6.45, 7) is 1.70. The fourth-order valence-corrected chi connectivity index (χ4v) is 2.47. The van der Waals surface area contributed by atoms with Crippen LogP contribution in [-0.2, 0) is 21.2 Å². The van der Waals surface area contributed by atoms with Gasteiger partial charge in [0.25, 0.3) is 0 Å². The van der Waals surface area contributed by atoms with E-state index in [9.17, 15) is 13.2 Å². The molecule has 0 saturated carbocycles. The van der Waals surface area contributed by atoms with Crippen molar-refractivity contribution < 1.29 is 18.3 Å². The van der Waals surface area contributed by atoms with Crippen LogP contribution in [0.1, 0.15) is 17.5 Å². The second-order valence-electron chi connectivity index (χ2n) is 3.70. The number of benzene rings is 1. The number of carbonyl (C=O) groups is 1. The molecule has 0 radical (unpaired) electrons. The predicted octanol–water partition coefficient (Wildman–Crippen LogP) is 0.920. The number of nitrogens with one attached hydrogen (secondary N) is 1. The molecule has 1 rings (SSSR count). The molecule has 0 saturated heterocycles. The Morgan fingerprint density at radius 3 is 2.59 bits per heavy atom. The van der Waals surface area contributed by atoms with Crippen molar-refractivity contribution >= 4 is 16.0 Å². The van der Waals surface area contributed by atoms with Crippen LogP contribution >= 0.6 is 0 Å². The zero-order valence-corrected chi connectivity index (χ0v) is 10.5. The van der Waals surface area contributed by atoms with Crippen molar-refractivity contribution in [2.24, 2.45) is 0 Å². The fraction of sp³-hybridized carbons (Fsp3) is 0.364. The number of hydrogen-bond acceptors (Lipinski definition) is 3. The molecule has 0 aliphatic heterocycles. The van der Waals surface area contributed by atoms with Crippen LogP contribution in [0.15, 0.2) is 23.1 Å². The zero-order chi connectivity index (χ0) is 13.1. The SMILES string of the molecule is CNS(=O)(=O)c1cc(CCC(=O)O)ccc1C. The summed E-state index contributed by atoms with van der Waals surface area (Å²) in [6, 6.07) is 4.94. The van der Waals surface area contributed by atoms with Crippen LogP contribution in [0.2, 0.25) is 0 Å². The van der Waals surface area contributed by atoms with Crippen molar-refractivity contribution in [2.45, 2.75) is 24.7 Å². The Hall–Kier alpha value is -1.40. The van der Waals surface area contributed by atoms with E-state index in [0.29, 0.717) is 17.5 Å². The minimum absolute atomic E-state index is 0.0118. The summed E-state index contributed by atoms with van der Waals surface area (Å²) < 4.78 is 25.6. The van der Waals surface area contributed by atoms with E-state index in [1.165, 1.54) is 13.1 Å².